The van der Waals surface area contributed by atoms with Crippen molar-refractivity contribution in [1.82, 2.24) is 0 Å². The first kappa shape index (κ1) is 9.05. The van der Waals surface area contributed by atoms with Crippen molar-refractivity contribution in [3.63, 3.8) is 0 Å². The van der Waals surface area contributed by atoms with Crippen molar-refractivity contribution in [2.24, 2.45) is 17.8 Å². The zero-order chi connectivity index (χ0) is 8.65. The second kappa shape index (κ2) is 2.78. The second-order valence-corrected chi connectivity index (χ2v) is 4.55. The van der Waals surface area contributed by atoms with Gasteiger partial charge in [-0.1, -0.05) is 20.8 Å². The van der Waals surface area contributed by atoms with Crippen molar-refractivity contribution in [3.8, 4) is 0 Å². The van der Waals surface area contributed by atoms with Crippen LogP contribution in [0.1, 0.15) is 40.5 Å². The molecule has 1 fully saturated rings. The van der Waals surface area contributed by atoms with Crippen LogP contribution in [-0.2, 0) is 0 Å². The number of hydrogen-bond donors (Lipinski definition) is 1. The molecule has 0 saturated heterocycles. The highest BCUT2D eigenvalue weighted by molar-refractivity contribution is 4.94. The van der Waals surface area contributed by atoms with Crippen LogP contribution in [0.3, 0.4) is 0 Å². The molecule has 0 aliphatic heterocycles. The SMILES string of the molecule is CC(C)[C@H]1CC[C@H](C)[C@@]1(C)O. The van der Waals surface area contributed by atoms with Crippen LogP contribution in [0.2, 0.25) is 0 Å². The molecule has 0 unspecified atom stereocenters. The quantitative estimate of drug-likeness (QED) is 0.618. The molecule has 1 aliphatic carbocycles. The summed E-state index contributed by atoms with van der Waals surface area (Å²) in [6.45, 7) is 8.56. The maximum atomic E-state index is 10.1. The molecule has 1 rings (SSSR count). The average molecular weight is 156 g/mol. The molecular formula is C10H20O. The maximum absolute atomic E-state index is 10.1. The summed E-state index contributed by atoms with van der Waals surface area (Å²) in [5.41, 5.74) is -0.409. The highest BCUT2D eigenvalue weighted by Gasteiger charge is 2.43. The molecule has 1 nitrogen and oxygen atoms in total. The first-order chi connectivity index (χ1) is 4.96. The minimum atomic E-state index is -0.409. The van der Waals surface area contributed by atoms with Crippen LogP contribution in [0.15, 0.2) is 0 Å². The van der Waals surface area contributed by atoms with Crippen LogP contribution >= 0.6 is 0 Å². The van der Waals surface area contributed by atoms with Gasteiger partial charge in [-0.15, -0.1) is 0 Å². The second-order valence-electron chi connectivity index (χ2n) is 4.55. The summed E-state index contributed by atoms with van der Waals surface area (Å²) in [4.78, 5) is 0. The molecule has 0 spiro atoms. The van der Waals surface area contributed by atoms with E-state index >= 15 is 0 Å². The minimum absolute atomic E-state index is 0.409. The van der Waals surface area contributed by atoms with Gasteiger partial charge in [-0.05, 0) is 37.5 Å². The fraction of sp³-hybridized carbons (Fsp3) is 1.00. The zero-order valence-electron chi connectivity index (χ0n) is 8.09. The monoisotopic (exact) mass is 156 g/mol. The summed E-state index contributed by atoms with van der Waals surface area (Å²) >= 11 is 0. The highest BCUT2D eigenvalue weighted by atomic mass is 16.3. The van der Waals surface area contributed by atoms with Gasteiger partial charge in [-0.2, -0.15) is 0 Å². The van der Waals surface area contributed by atoms with E-state index < -0.39 is 5.60 Å². The van der Waals surface area contributed by atoms with Crippen LogP contribution in [0.4, 0.5) is 0 Å². The predicted octanol–water partition coefficient (Wildman–Crippen LogP) is 2.44. The Labute approximate surface area is 69.8 Å². The summed E-state index contributed by atoms with van der Waals surface area (Å²) in [5.74, 6) is 1.61. The Bertz CT molecular complexity index is 138. The summed E-state index contributed by atoms with van der Waals surface area (Å²) in [7, 11) is 0. The molecule has 1 aliphatic rings. The maximum Gasteiger partial charge on any atom is 0.0675 e. The first-order valence-electron chi connectivity index (χ1n) is 4.68. The Hall–Kier alpha value is -0.0400. The Morgan fingerprint density at radius 1 is 1.36 bits per heavy atom. The molecule has 1 saturated carbocycles. The van der Waals surface area contributed by atoms with E-state index in [1.807, 2.05) is 6.92 Å². The van der Waals surface area contributed by atoms with Crippen molar-refractivity contribution in [1.29, 1.82) is 0 Å². The minimum Gasteiger partial charge on any atom is -0.390 e. The van der Waals surface area contributed by atoms with Gasteiger partial charge < -0.3 is 5.11 Å². The highest BCUT2D eigenvalue weighted by Crippen LogP contribution is 2.43. The van der Waals surface area contributed by atoms with Gasteiger partial charge in [0.15, 0.2) is 0 Å². The fourth-order valence-electron chi connectivity index (χ4n) is 2.39. The normalized spacial score (nSPS) is 45.3. The van der Waals surface area contributed by atoms with E-state index in [9.17, 15) is 5.11 Å². The van der Waals surface area contributed by atoms with E-state index in [2.05, 4.69) is 20.8 Å². The zero-order valence-corrected chi connectivity index (χ0v) is 8.09. The Morgan fingerprint density at radius 3 is 2.09 bits per heavy atom. The van der Waals surface area contributed by atoms with E-state index in [-0.39, 0.29) is 0 Å². The lowest BCUT2D eigenvalue weighted by molar-refractivity contribution is -0.0283. The molecule has 0 aromatic rings. The van der Waals surface area contributed by atoms with Crippen molar-refractivity contribution in [2.45, 2.75) is 46.1 Å². The lowest BCUT2D eigenvalue weighted by atomic mass is 9.80. The largest absolute Gasteiger partial charge is 0.390 e. The van der Waals surface area contributed by atoms with E-state index in [4.69, 9.17) is 0 Å². The van der Waals surface area contributed by atoms with Crippen LogP contribution in [0.25, 0.3) is 0 Å². The molecule has 66 valence electrons. The third-order valence-electron chi connectivity index (χ3n) is 3.46. The Kier molecular flexibility index (Phi) is 2.29. The van der Waals surface area contributed by atoms with Gasteiger partial charge in [0.1, 0.15) is 0 Å². The summed E-state index contributed by atoms with van der Waals surface area (Å²) < 4.78 is 0. The lowest BCUT2D eigenvalue weighted by Gasteiger charge is -2.32. The third-order valence-corrected chi connectivity index (χ3v) is 3.46. The van der Waals surface area contributed by atoms with Gasteiger partial charge in [0, 0.05) is 0 Å². The van der Waals surface area contributed by atoms with Crippen LogP contribution in [-0.4, -0.2) is 10.7 Å². The fourth-order valence-corrected chi connectivity index (χ4v) is 2.39. The summed E-state index contributed by atoms with van der Waals surface area (Å²) in [6, 6.07) is 0. The Balaban J connectivity index is 2.70. The molecule has 1 heteroatoms. The molecule has 3 atom stereocenters. The number of aliphatic hydroxyl groups is 1. The standard InChI is InChI=1S/C10H20O/c1-7(2)9-6-5-8(3)10(9,4)11/h7-9,11H,5-6H2,1-4H3/t8-,9+,10+/m0/s1. The van der Waals surface area contributed by atoms with Crippen LogP contribution < -0.4 is 0 Å². The summed E-state index contributed by atoms with van der Waals surface area (Å²) in [6.07, 6.45) is 2.39. The van der Waals surface area contributed by atoms with Crippen molar-refractivity contribution >= 4 is 0 Å². The van der Waals surface area contributed by atoms with Gasteiger partial charge in [0.25, 0.3) is 0 Å². The topological polar surface area (TPSA) is 20.2 Å². The van der Waals surface area contributed by atoms with Gasteiger partial charge in [-0.25, -0.2) is 0 Å². The van der Waals surface area contributed by atoms with E-state index in [0.29, 0.717) is 17.8 Å². The van der Waals surface area contributed by atoms with E-state index in [1.54, 1.807) is 0 Å². The smallest absolute Gasteiger partial charge is 0.0675 e. The van der Waals surface area contributed by atoms with Crippen molar-refractivity contribution < 1.29 is 5.11 Å². The summed E-state index contributed by atoms with van der Waals surface area (Å²) in [5, 5.41) is 10.1. The first-order valence-corrected chi connectivity index (χ1v) is 4.68. The Morgan fingerprint density at radius 2 is 1.91 bits per heavy atom. The van der Waals surface area contributed by atoms with Crippen molar-refractivity contribution in [2.75, 3.05) is 0 Å². The molecule has 0 heterocycles. The molecule has 11 heavy (non-hydrogen) atoms. The van der Waals surface area contributed by atoms with E-state index in [0.717, 1.165) is 0 Å². The van der Waals surface area contributed by atoms with Gasteiger partial charge in [-0.3, -0.25) is 0 Å². The molecule has 0 bridgehead atoms. The molecule has 0 aromatic heterocycles. The molecule has 0 radical (unpaired) electrons. The molecular weight excluding hydrogens is 136 g/mol. The van der Waals surface area contributed by atoms with Gasteiger partial charge >= 0.3 is 0 Å². The predicted molar refractivity (Wildman–Crippen MR) is 47.3 cm³/mol. The molecule has 0 amide bonds. The van der Waals surface area contributed by atoms with E-state index in [1.165, 1.54) is 12.8 Å². The van der Waals surface area contributed by atoms with Crippen molar-refractivity contribution in [3.05, 3.63) is 0 Å². The number of rotatable bonds is 1. The van der Waals surface area contributed by atoms with Gasteiger partial charge in [0.2, 0.25) is 0 Å². The lowest BCUT2D eigenvalue weighted by Crippen LogP contribution is -2.37. The molecule has 0 aromatic carbocycles. The average Bonchev–Trinajstić information content (AvgIpc) is 2.08. The molecule has 1 N–H and O–H groups in total. The van der Waals surface area contributed by atoms with Gasteiger partial charge in [0.05, 0.1) is 5.60 Å². The number of hydrogen-bond acceptors (Lipinski definition) is 1. The van der Waals surface area contributed by atoms with Crippen LogP contribution in [0.5, 0.6) is 0 Å². The third kappa shape index (κ3) is 1.44. The van der Waals surface area contributed by atoms with Crippen LogP contribution in [0, 0.1) is 17.8 Å².